The molecule has 1 aliphatic rings. The van der Waals surface area contributed by atoms with Crippen molar-refractivity contribution in [1.29, 1.82) is 0 Å². The fraction of sp³-hybridized carbons (Fsp3) is 0.0588. The van der Waals surface area contributed by atoms with Crippen molar-refractivity contribution in [3.05, 3.63) is 70.9 Å². The Labute approximate surface area is 137 Å². The van der Waals surface area contributed by atoms with E-state index in [0.717, 1.165) is 22.6 Å². The Morgan fingerprint density at radius 3 is 2.74 bits per heavy atom. The molecule has 0 amide bonds. The zero-order chi connectivity index (χ0) is 16.1. The van der Waals surface area contributed by atoms with Crippen molar-refractivity contribution in [2.45, 2.75) is 0 Å². The summed E-state index contributed by atoms with van der Waals surface area (Å²) < 4.78 is 18.1. The van der Waals surface area contributed by atoms with Gasteiger partial charge in [-0.1, -0.05) is 23.9 Å². The van der Waals surface area contributed by atoms with Gasteiger partial charge in [0.05, 0.1) is 12.8 Å². The summed E-state index contributed by atoms with van der Waals surface area (Å²) in [6.07, 6.45) is 1.73. The Kier molecular flexibility index (Phi) is 4.73. The highest BCUT2D eigenvalue weighted by atomic mass is 32.2. The lowest BCUT2D eigenvalue weighted by atomic mass is 10.2. The Bertz CT molecular complexity index is 785. The van der Waals surface area contributed by atoms with Gasteiger partial charge in [-0.05, 0) is 42.0 Å². The number of hydrogen-bond acceptors (Lipinski definition) is 5. The first kappa shape index (κ1) is 15.3. The molecule has 1 N–H and O–H groups in total. The van der Waals surface area contributed by atoms with Crippen LogP contribution in [0.25, 0.3) is 5.70 Å². The maximum atomic E-state index is 12.9. The second kappa shape index (κ2) is 7.11. The molecule has 0 spiro atoms. The third kappa shape index (κ3) is 3.98. The molecule has 0 bridgehead atoms. The van der Waals surface area contributed by atoms with Crippen molar-refractivity contribution in [1.82, 2.24) is 5.43 Å². The number of hydrogen-bond donors (Lipinski definition) is 1. The minimum absolute atomic E-state index is 0.259. The molecule has 0 radical (unpaired) electrons. The summed E-state index contributed by atoms with van der Waals surface area (Å²) >= 11 is 1.40. The van der Waals surface area contributed by atoms with Crippen molar-refractivity contribution in [2.75, 3.05) is 7.11 Å². The number of nitrogens with one attached hydrogen (secondary N) is 1. The summed E-state index contributed by atoms with van der Waals surface area (Å²) in [6, 6.07) is 13.9. The molecule has 0 unspecified atom stereocenters. The highest BCUT2D eigenvalue weighted by Crippen LogP contribution is 2.22. The standard InChI is InChI=1S/C17H14FN3OS/c1-22-15-4-2-3-12(9-15)10-19-17-21-20-16(11-23-17)13-5-7-14(18)8-6-13/h2-11,20H,1H3/b19-10+. The van der Waals surface area contributed by atoms with Crippen LogP contribution in [0.5, 0.6) is 5.75 Å². The number of aliphatic imine (C=N–C) groups is 1. The highest BCUT2D eigenvalue weighted by molar-refractivity contribution is 8.16. The smallest absolute Gasteiger partial charge is 0.210 e. The van der Waals surface area contributed by atoms with Gasteiger partial charge in [0.1, 0.15) is 11.6 Å². The van der Waals surface area contributed by atoms with Gasteiger partial charge in [-0.2, -0.15) is 0 Å². The van der Waals surface area contributed by atoms with Crippen LogP contribution in [0.15, 0.2) is 64.0 Å². The van der Waals surface area contributed by atoms with Crippen LogP contribution in [0.1, 0.15) is 11.1 Å². The van der Waals surface area contributed by atoms with E-state index in [2.05, 4.69) is 15.5 Å². The van der Waals surface area contributed by atoms with E-state index in [-0.39, 0.29) is 5.82 Å². The zero-order valence-corrected chi connectivity index (χ0v) is 13.2. The first-order chi connectivity index (χ1) is 11.2. The van der Waals surface area contributed by atoms with E-state index >= 15 is 0 Å². The molecule has 0 fully saturated rings. The summed E-state index contributed by atoms with van der Waals surface area (Å²) in [7, 11) is 1.63. The lowest BCUT2D eigenvalue weighted by Crippen LogP contribution is -2.10. The number of halogens is 1. The van der Waals surface area contributed by atoms with E-state index in [1.54, 1.807) is 25.5 Å². The molecule has 23 heavy (non-hydrogen) atoms. The molecular formula is C17H14FN3OS. The van der Waals surface area contributed by atoms with Crippen LogP contribution < -0.4 is 10.2 Å². The van der Waals surface area contributed by atoms with Crippen LogP contribution >= 0.6 is 11.8 Å². The number of thioether (sulfide) groups is 1. The van der Waals surface area contributed by atoms with E-state index in [1.165, 1.54) is 23.9 Å². The average Bonchev–Trinajstić information content (AvgIpc) is 2.61. The van der Waals surface area contributed by atoms with Crippen molar-refractivity contribution in [2.24, 2.45) is 10.1 Å². The molecule has 2 aromatic carbocycles. The van der Waals surface area contributed by atoms with E-state index in [1.807, 2.05) is 29.7 Å². The van der Waals surface area contributed by atoms with E-state index in [0.29, 0.717) is 5.17 Å². The molecule has 0 aromatic heterocycles. The Hall–Kier alpha value is -2.60. The first-order valence-corrected chi connectivity index (χ1v) is 7.77. The zero-order valence-electron chi connectivity index (χ0n) is 12.4. The van der Waals surface area contributed by atoms with Gasteiger partial charge in [0.25, 0.3) is 0 Å². The number of nitrogens with zero attached hydrogens (tertiary/aromatic N) is 2. The SMILES string of the molecule is COc1cccc(/C=N/C2=NNC(c3ccc(F)cc3)=CS2)c1. The third-order valence-corrected chi connectivity index (χ3v) is 3.89. The molecule has 3 rings (SSSR count). The lowest BCUT2D eigenvalue weighted by Gasteiger charge is -2.11. The fourth-order valence-electron chi connectivity index (χ4n) is 1.95. The van der Waals surface area contributed by atoms with E-state index in [9.17, 15) is 4.39 Å². The van der Waals surface area contributed by atoms with Gasteiger partial charge < -0.3 is 4.74 Å². The van der Waals surface area contributed by atoms with Gasteiger partial charge in [-0.25, -0.2) is 9.38 Å². The van der Waals surface area contributed by atoms with Crippen molar-refractivity contribution in [3.8, 4) is 5.75 Å². The average molecular weight is 327 g/mol. The van der Waals surface area contributed by atoms with Gasteiger partial charge in [-0.15, -0.1) is 5.10 Å². The maximum Gasteiger partial charge on any atom is 0.210 e. The fourth-order valence-corrected chi connectivity index (χ4v) is 2.57. The van der Waals surface area contributed by atoms with Gasteiger partial charge in [0.2, 0.25) is 5.17 Å². The molecule has 1 heterocycles. The molecule has 6 heteroatoms. The van der Waals surface area contributed by atoms with Crippen LogP contribution in [0, 0.1) is 5.82 Å². The Morgan fingerprint density at radius 1 is 1.22 bits per heavy atom. The Balaban J connectivity index is 1.66. The monoisotopic (exact) mass is 327 g/mol. The second-order valence-corrected chi connectivity index (χ2v) is 5.53. The largest absolute Gasteiger partial charge is 0.497 e. The highest BCUT2D eigenvalue weighted by Gasteiger charge is 2.08. The number of amidine groups is 1. The van der Waals surface area contributed by atoms with Crippen LogP contribution in [0.4, 0.5) is 4.39 Å². The van der Waals surface area contributed by atoms with Gasteiger partial charge >= 0.3 is 0 Å². The molecule has 0 aliphatic carbocycles. The molecule has 0 atom stereocenters. The van der Waals surface area contributed by atoms with E-state index in [4.69, 9.17) is 4.74 Å². The lowest BCUT2D eigenvalue weighted by molar-refractivity contribution is 0.415. The summed E-state index contributed by atoms with van der Waals surface area (Å²) in [5, 5.41) is 6.70. The summed E-state index contributed by atoms with van der Waals surface area (Å²) in [4.78, 5) is 4.34. The maximum absolute atomic E-state index is 12.9. The van der Waals surface area contributed by atoms with Gasteiger partial charge in [-0.3, -0.25) is 5.43 Å². The molecule has 0 saturated heterocycles. The molecule has 1 aliphatic heterocycles. The molecule has 116 valence electrons. The molecular weight excluding hydrogens is 313 g/mol. The van der Waals surface area contributed by atoms with E-state index < -0.39 is 0 Å². The Morgan fingerprint density at radius 2 is 2.04 bits per heavy atom. The minimum Gasteiger partial charge on any atom is -0.497 e. The quantitative estimate of drug-likeness (QED) is 0.871. The summed E-state index contributed by atoms with van der Waals surface area (Å²) in [6.45, 7) is 0. The topological polar surface area (TPSA) is 46.0 Å². The number of benzene rings is 2. The van der Waals surface area contributed by atoms with Gasteiger partial charge in [0, 0.05) is 17.2 Å². The number of hydrazone groups is 1. The predicted molar refractivity (Wildman–Crippen MR) is 93.1 cm³/mol. The summed E-state index contributed by atoms with van der Waals surface area (Å²) in [5.41, 5.74) is 5.55. The van der Waals surface area contributed by atoms with Crippen molar-refractivity contribution in [3.63, 3.8) is 0 Å². The molecule has 0 saturated carbocycles. The minimum atomic E-state index is -0.259. The van der Waals surface area contributed by atoms with Crippen LogP contribution in [-0.2, 0) is 0 Å². The van der Waals surface area contributed by atoms with Crippen LogP contribution in [0.3, 0.4) is 0 Å². The summed E-state index contributed by atoms with van der Waals surface area (Å²) in [5.74, 6) is 0.522. The van der Waals surface area contributed by atoms with Crippen molar-refractivity contribution >= 4 is 28.8 Å². The third-order valence-electron chi connectivity index (χ3n) is 3.13. The molecule has 2 aromatic rings. The number of rotatable bonds is 3. The predicted octanol–water partition coefficient (Wildman–Crippen LogP) is 3.86. The first-order valence-electron chi connectivity index (χ1n) is 6.89. The van der Waals surface area contributed by atoms with Gasteiger partial charge in [0.15, 0.2) is 0 Å². The number of methoxy groups -OCH3 is 1. The molecule has 4 nitrogen and oxygen atoms in total. The van der Waals surface area contributed by atoms with Crippen molar-refractivity contribution < 1.29 is 9.13 Å². The van der Waals surface area contributed by atoms with Crippen LogP contribution in [-0.4, -0.2) is 18.5 Å². The van der Waals surface area contributed by atoms with Crippen LogP contribution in [0.2, 0.25) is 0 Å². The normalized spacial score (nSPS) is 14.2. The second-order valence-electron chi connectivity index (χ2n) is 4.70. The number of ether oxygens (including phenoxy) is 1.